The SMILES string of the molecule is O=C(N1CCCC1c1cncc(Cc2cccc(F)c2)n1)C1(c2cccc(F)c2)CCCC1. The number of rotatable bonds is 5. The summed E-state index contributed by atoms with van der Waals surface area (Å²) in [5.74, 6) is -0.505. The molecule has 5 rings (SSSR count). The van der Waals surface area contributed by atoms with Crippen molar-refractivity contribution in [2.24, 2.45) is 0 Å². The first-order valence-corrected chi connectivity index (χ1v) is 11.7. The highest BCUT2D eigenvalue weighted by Crippen LogP contribution is 2.45. The Morgan fingerprint density at radius 3 is 2.52 bits per heavy atom. The van der Waals surface area contributed by atoms with Crippen LogP contribution in [0.15, 0.2) is 60.9 Å². The van der Waals surface area contributed by atoms with Crippen molar-refractivity contribution in [2.45, 2.75) is 56.4 Å². The highest BCUT2D eigenvalue weighted by atomic mass is 19.1. The largest absolute Gasteiger partial charge is 0.333 e. The molecular formula is C27H27F2N3O. The molecule has 2 fully saturated rings. The lowest BCUT2D eigenvalue weighted by molar-refractivity contribution is -0.138. The van der Waals surface area contributed by atoms with E-state index in [1.54, 1.807) is 24.5 Å². The van der Waals surface area contributed by atoms with Gasteiger partial charge in [0.1, 0.15) is 11.6 Å². The molecule has 3 aromatic rings. The van der Waals surface area contributed by atoms with Crippen LogP contribution in [0.1, 0.15) is 67.1 Å². The molecular weight excluding hydrogens is 420 g/mol. The predicted molar refractivity (Wildman–Crippen MR) is 121 cm³/mol. The van der Waals surface area contributed by atoms with E-state index in [4.69, 9.17) is 4.98 Å². The van der Waals surface area contributed by atoms with Crippen LogP contribution in [0.25, 0.3) is 0 Å². The molecule has 1 amide bonds. The third-order valence-electron chi connectivity index (χ3n) is 7.08. The predicted octanol–water partition coefficient (Wildman–Crippen LogP) is 5.52. The summed E-state index contributed by atoms with van der Waals surface area (Å²) < 4.78 is 27.6. The molecule has 1 aromatic heterocycles. The fraction of sp³-hybridized carbons (Fsp3) is 0.370. The normalized spacial score (nSPS) is 19.7. The van der Waals surface area contributed by atoms with Gasteiger partial charge >= 0.3 is 0 Å². The monoisotopic (exact) mass is 447 g/mol. The molecule has 1 atom stereocenters. The molecule has 0 spiro atoms. The fourth-order valence-electron chi connectivity index (χ4n) is 5.51. The molecule has 0 radical (unpaired) electrons. The summed E-state index contributed by atoms with van der Waals surface area (Å²) in [6.45, 7) is 0.663. The van der Waals surface area contributed by atoms with Crippen molar-refractivity contribution in [3.63, 3.8) is 0 Å². The lowest BCUT2D eigenvalue weighted by atomic mass is 9.77. The van der Waals surface area contributed by atoms with Crippen LogP contribution >= 0.6 is 0 Å². The van der Waals surface area contributed by atoms with Crippen molar-refractivity contribution < 1.29 is 13.6 Å². The van der Waals surface area contributed by atoms with Gasteiger partial charge in [0.05, 0.1) is 29.0 Å². The Bertz CT molecular complexity index is 1160. The first-order valence-electron chi connectivity index (χ1n) is 11.7. The number of benzene rings is 2. The maximum Gasteiger partial charge on any atom is 0.233 e. The molecule has 4 nitrogen and oxygen atoms in total. The van der Waals surface area contributed by atoms with Crippen molar-refractivity contribution in [1.82, 2.24) is 14.9 Å². The molecule has 2 heterocycles. The topological polar surface area (TPSA) is 46.1 Å². The van der Waals surface area contributed by atoms with E-state index in [9.17, 15) is 13.6 Å². The summed E-state index contributed by atoms with van der Waals surface area (Å²) >= 11 is 0. The number of amides is 1. The number of nitrogens with zero attached hydrogens (tertiary/aromatic N) is 3. The quantitative estimate of drug-likeness (QED) is 0.517. The van der Waals surface area contributed by atoms with Gasteiger partial charge in [-0.2, -0.15) is 0 Å². The molecule has 1 saturated heterocycles. The number of halogens is 2. The number of carbonyl (C=O) groups is 1. The van der Waals surface area contributed by atoms with Gasteiger partial charge in [0.25, 0.3) is 0 Å². The average Bonchev–Trinajstić information content (AvgIpc) is 3.50. The van der Waals surface area contributed by atoms with E-state index < -0.39 is 5.41 Å². The fourth-order valence-corrected chi connectivity index (χ4v) is 5.51. The maximum atomic E-state index is 14.1. The van der Waals surface area contributed by atoms with Gasteiger partial charge in [-0.25, -0.2) is 8.78 Å². The van der Waals surface area contributed by atoms with Crippen LogP contribution in [0.5, 0.6) is 0 Å². The first kappa shape index (κ1) is 21.7. The van der Waals surface area contributed by atoms with Crippen molar-refractivity contribution in [3.05, 3.63) is 95.1 Å². The summed E-state index contributed by atoms with van der Waals surface area (Å²) in [7, 11) is 0. The molecule has 0 N–H and O–H groups in total. The minimum Gasteiger partial charge on any atom is -0.333 e. The van der Waals surface area contributed by atoms with E-state index in [0.29, 0.717) is 13.0 Å². The Morgan fingerprint density at radius 1 is 1.00 bits per heavy atom. The Morgan fingerprint density at radius 2 is 1.76 bits per heavy atom. The van der Waals surface area contributed by atoms with Crippen molar-refractivity contribution in [1.29, 1.82) is 0 Å². The average molecular weight is 448 g/mol. The van der Waals surface area contributed by atoms with Crippen LogP contribution < -0.4 is 0 Å². The molecule has 1 aliphatic heterocycles. The zero-order chi connectivity index (χ0) is 22.8. The number of aromatic nitrogens is 2. The van der Waals surface area contributed by atoms with Crippen LogP contribution in [0.4, 0.5) is 8.78 Å². The third-order valence-corrected chi connectivity index (χ3v) is 7.08. The van der Waals surface area contributed by atoms with E-state index in [1.807, 2.05) is 17.0 Å². The van der Waals surface area contributed by atoms with Crippen LogP contribution in [-0.2, 0) is 16.6 Å². The summed E-state index contributed by atoms with van der Waals surface area (Å²) in [5, 5.41) is 0. The smallest absolute Gasteiger partial charge is 0.233 e. The van der Waals surface area contributed by atoms with Gasteiger partial charge in [-0.15, -0.1) is 0 Å². The van der Waals surface area contributed by atoms with Crippen LogP contribution in [-0.4, -0.2) is 27.3 Å². The van der Waals surface area contributed by atoms with Crippen molar-refractivity contribution in [2.75, 3.05) is 6.54 Å². The van der Waals surface area contributed by atoms with E-state index >= 15 is 0 Å². The number of hydrogen-bond acceptors (Lipinski definition) is 3. The molecule has 1 aliphatic carbocycles. The van der Waals surface area contributed by atoms with Gasteiger partial charge < -0.3 is 4.90 Å². The van der Waals surface area contributed by atoms with Gasteiger partial charge in [0.2, 0.25) is 5.91 Å². The Balaban J connectivity index is 1.42. The Hall–Kier alpha value is -3.15. The Kier molecular flexibility index (Phi) is 5.92. The van der Waals surface area contributed by atoms with Crippen molar-refractivity contribution in [3.8, 4) is 0 Å². The zero-order valence-electron chi connectivity index (χ0n) is 18.5. The van der Waals surface area contributed by atoms with Crippen molar-refractivity contribution >= 4 is 5.91 Å². The van der Waals surface area contributed by atoms with E-state index in [0.717, 1.165) is 61.0 Å². The molecule has 170 valence electrons. The van der Waals surface area contributed by atoms with E-state index in [2.05, 4.69) is 4.98 Å². The number of carbonyl (C=O) groups excluding carboxylic acids is 1. The minimum atomic E-state index is -0.669. The minimum absolute atomic E-state index is 0.0745. The second-order valence-electron chi connectivity index (χ2n) is 9.20. The maximum absolute atomic E-state index is 14.1. The highest BCUT2D eigenvalue weighted by molar-refractivity contribution is 5.89. The van der Waals surface area contributed by atoms with Crippen LogP contribution in [0, 0.1) is 11.6 Å². The van der Waals surface area contributed by atoms with Gasteiger partial charge in [0, 0.05) is 19.2 Å². The van der Waals surface area contributed by atoms with Gasteiger partial charge in [0.15, 0.2) is 0 Å². The number of likely N-dealkylation sites (tertiary alicyclic amines) is 1. The van der Waals surface area contributed by atoms with Crippen LogP contribution in [0.2, 0.25) is 0 Å². The number of hydrogen-bond donors (Lipinski definition) is 0. The summed E-state index contributed by atoms with van der Waals surface area (Å²) in [6, 6.07) is 12.9. The van der Waals surface area contributed by atoms with Crippen LogP contribution in [0.3, 0.4) is 0 Å². The van der Waals surface area contributed by atoms with Gasteiger partial charge in [-0.3, -0.25) is 14.8 Å². The molecule has 1 saturated carbocycles. The molecule has 33 heavy (non-hydrogen) atoms. The second kappa shape index (κ2) is 9.00. The van der Waals surface area contributed by atoms with E-state index in [1.165, 1.54) is 24.3 Å². The molecule has 1 unspecified atom stereocenters. The summed E-state index contributed by atoms with van der Waals surface area (Å²) in [6.07, 6.45) is 9.03. The lowest BCUT2D eigenvalue weighted by Crippen LogP contribution is -2.45. The summed E-state index contributed by atoms with van der Waals surface area (Å²) in [5.41, 5.74) is 2.45. The molecule has 6 heteroatoms. The highest BCUT2D eigenvalue weighted by Gasteiger charge is 2.47. The molecule has 0 bridgehead atoms. The van der Waals surface area contributed by atoms with Gasteiger partial charge in [-0.05, 0) is 61.1 Å². The van der Waals surface area contributed by atoms with E-state index in [-0.39, 0.29) is 23.6 Å². The zero-order valence-corrected chi connectivity index (χ0v) is 18.5. The lowest BCUT2D eigenvalue weighted by Gasteiger charge is -2.35. The Labute approximate surface area is 192 Å². The summed E-state index contributed by atoms with van der Waals surface area (Å²) in [4.78, 5) is 25.1. The first-order chi connectivity index (χ1) is 16.0. The molecule has 2 aromatic carbocycles. The second-order valence-corrected chi connectivity index (χ2v) is 9.20. The third kappa shape index (κ3) is 4.26. The standard InChI is InChI=1S/C27H27F2N3O/c28-21-8-3-6-19(14-21)15-23-17-30-18-24(31-23)25-10-5-13-32(25)26(33)27(11-1-2-12-27)20-7-4-9-22(29)16-20/h3-4,6-9,14,16-18,25H,1-2,5,10-13,15H2. The van der Waals surface area contributed by atoms with Gasteiger partial charge in [-0.1, -0.05) is 37.1 Å². The molecule has 2 aliphatic rings.